The average Bonchev–Trinajstić information content (AvgIpc) is 2.54. The fourth-order valence-corrected chi connectivity index (χ4v) is 1.94. The Hall–Kier alpha value is -3.03. The molecule has 8 heteroatoms. The first-order valence-electron chi connectivity index (χ1n) is 7.22. The Morgan fingerprint density at radius 1 is 1.33 bits per heavy atom. The number of aromatic nitrogens is 2. The number of nitrogens with one attached hydrogen (secondary N) is 1. The number of halogens is 1. The summed E-state index contributed by atoms with van der Waals surface area (Å²) in [6.45, 7) is 2.01. The molecule has 2 aromatic rings. The van der Waals surface area contributed by atoms with Gasteiger partial charge in [-0.2, -0.15) is 0 Å². The van der Waals surface area contributed by atoms with E-state index in [1.165, 1.54) is 18.5 Å². The maximum absolute atomic E-state index is 14.6. The lowest BCUT2D eigenvalue weighted by atomic mass is 10.1. The Balaban J connectivity index is 2.15. The number of nitrogens with two attached hydrogens (primary N) is 1. The smallest absolute Gasteiger partial charge is 0.316 e. The van der Waals surface area contributed by atoms with Crippen molar-refractivity contribution < 1.29 is 18.7 Å². The van der Waals surface area contributed by atoms with E-state index >= 15 is 0 Å². The number of rotatable bonds is 7. The van der Waals surface area contributed by atoms with Gasteiger partial charge in [-0.15, -0.1) is 0 Å². The van der Waals surface area contributed by atoms with Crippen molar-refractivity contribution in [1.82, 2.24) is 9.97 Å². The molecule has 0 aliphatic heterocycles. The lowest BCUT2D eigenvalue weighted by molar-refractivity contribution is -0.143. The SMILES string of the molecule is CCOc1ncc(-c2cccc(COC(=O)CC(=N)N)c2F)cn1. The van der Waals surface area contributed by atoms with Gasteiger partial charge in [-0.25, -0.2) is 14.4 Å². The lowest BCUT2D eigenvalue weighted by Crippen LogP contribution is -2.17. The monoisotopic (exact) mass is 332 g/mol. The first-order chi connectivity index (χ1) is 11.5. The number of nitrogens with zero attached hydrogens (tertiary/aromatic N) is 2. The van der Waals surface area contributed by atoms with Gasteiger partial charge in [0, 0.05) is 29.1 Å². The predicted octanol–water partition coefficient (Wildman–Crippen LogP) is 2.05. The third-order valence-corrected chi connectivity index (χ3v) is 3.01. The van der Waals surface area contributed by atoms with E-state index in [9.17, 15) is 9.18 Å². The number of carbonyl (C=O) groups is 1. The summed E-state index contributed by atoms with van der Waals surface area (Å²) in [5.74, 6) is -1.52. The molecular weight excluding hydrogens is 315 g/mol. The van der Waals surface area contributed by atoms with Gasteiger partial charge in [0.05, 0.1) is 6.61 Å². The molecule has 0 atom stereocenters. The maximum atomic E-state index is 14.6. The zero-order chi connectivity index (χ0) is 17.5. The van der Waals surface area contributed by atoms with Crippen LogP contribution in [0.5, 0.6) is 6.01 Å². The van der Waals surface area contributed by atoms with Crippen LogP contribution in [0.1, 0.15) is 18.9 Å². The third kappa shape index (κ3) is 4.48. The first-order valence-corrected chi connectivity index (χ1v) is 7.22. The van der Waals surface area contributed by atoms with E-state index in [1.807, 2.05) is 6.92 Å². The first kappa shape index (κ1) is 17.3. The van der Waals surface area contributed by atoms with Crippen LogP contribution in [-0.2, 0) is 16.1 Å². The van der Waals surface area contributed by atoms with E-state index in [0.29, 0.717) is 12.2 Å². The molecule has 7 nitrogen and oxygen atoms in total. The summed E-state index contributed by atoms with van der Waals surface area (Å²) in [6, 6.07) is 4.95. The van der Waals surface area contributed by atoms with Gasteiger partial charge < -0.3 is 15.2 Å². The van der Waals surface area contributed by atoms with Crippen LogP contribution in [-0.4, -0.2) is 28.4 Å². The molecular formula is C16H17FN4O3. The molecule has 0 aliphatic rings. The van der Waals surface area contributed by atoms with Gasteiger partial charge in [0.15, 0.2) is 0 Å². The Bertz CT molecular complexity index is 735. The summed E-state index contributed by atoms with van der Waals surface area (Å²) in [4.78, 5) is 19.4. The van der Waals surface area contributed by atoms with Crippen molar-refractivity contribution in [2.75, 3.05) is 6.61 Å². The highest BCUT2D eigenvalue weighted by Gasteiger charge is 2.13. The molecule has 3 N–H and O–H groups in total. The molecule has 0 fully saturated rings. The van der Waals surface area contributed by atoms with Crippen LogP contribution in [0.2, 0.25) is 0 Å². The standard InChI is InChI=1S/C16H17FN4O3/c1-2-23-16-20-7-11(8-21-16)12-5-3-4-10(15(12)17)9-24-14(22)6-13(18)19/h3-5,7-8H,2,6,9H2,1H3,(H3,18,19). The molecule has 0 amide bonds. The van der Waals surface area contributed by atoms with Crippen LogP contribution in [0.3, 0.4) is 0 Å². The van der Waals surface area contributed by atoms with Crippen LogP contribution in [0.25, 0.3) is 11.1 Å². The lowest BCUT2D eigenvalue weighted by Gasteiger charge is -2.09. The normalized spacial score (nSPS) is 10.2. The van der Waals surface area contributed by atoms with E-state index in [0.717, 1.165) is 0 Å². The van der Waals surface area contributed by atoms with E-state index in [2.05, 4.69) is 9.97 Å². The molecule has 24 heavy (non-hydrogen) atoms. The Morgan fingerprint density at radius 2 is 2.04 bits per heavy atom. The van der Waals surface area contributed by atoms with E-state index in [1.54, 1.807) is 12.1 Å². The summed E-state index contributed by atoms with van der Waals surface area (Å²) in [5, 5.41) is 7.02. The minimum absolute atomic E-state index is 0.207. The molecule has 0 aliphatic carbocycles. The minimum atomic E-state index is -0.684. The topological polar surface area (TPSA) is 111 Å². The van der Waals surface area contributed by atoms with Gasteiger partial charge in [0.25, 0.3) is 0 Å². The number of hydrogen-bond acceptors (Lipinski definition) is 6. The summed E-state index contributed by atoms with van der Waals surface area (Å²) < 4.78 is 24.6. The highest BCUT2D eigenvalue weighted by atomic mass is 19.1. The largest absolute Gasteiger partial charge is 0.464 e. The second-order valence-electron chi connectivity index (χ2n) is 4.83. The van der Waals surface area contributed by atoms with Gasteiger partial charge in [0.2, 0.25) is 0 Å². The van der Waals surface area contributed by atoms with Gasteiger partial charge in [0.1, 0.15) is 24.7 Å². The summed E-state index contributed by atoms with van der Waals surface area (Å²) in [6.07, 6.45) is 2.60. The summed E-state index contributed by atoms with van der Waals surface area (Å²) in [5.41, 5.74) is 6.09. The van der Waals surface area contributed by atoms with Crippen molar-refractivity contribution in [1.29, 1.82) is 5.41 Å². The minimum Gasteiger partial charge on any atom is -0.464 e. The number of amidine groups is 1. The summed E-state index contributed by atoms with van der Waals surface area (Å²) >= 11 is 0. The van der Waals surface area contributed by atoms with E-state index < -0.39 is 11.8 Å². The van der Waals surface area contributed by atoms with Crippen molar-refractivity contribution in [3.8, 4) is 17.1 Å². The fraction of sp³-hybridized carbons (Fsp3) is 0.250. The highest BCUT2D eigenvalue weighted by Crippen LogP contribution is 2.25. The van der Waals surface area contributed by atoms with Gasteiger partial charge in [-0.1, -0.05) is 18.2 Å². The van der Waals surface area contributed by atoms with Gasteiger partial charge in [-0.3, -0.25) is 10.2 Å². The van der Waals surface area contributed by atoms with Crippen LogP contribution < -0.4 is 10.5 Å². The molecule has 1 aromatic carbocycles. The number of benzene rings is 1. The Labute approximate surface area is 138 Å². The second-order valence-corrected chi connectivity index (χ2v) is 4.83. The van der Waals surface area contributed by atoms with Crippen LogP contribution >= 0.6 is 0 Å². The van der Waals surface area contributed by atoms with Crippen molar-refractivity contribution in [3.63, 3.8) is 0 Å². The van der Waals surface area contributed by atoms with E-state index in [4.69, 9.17) is 20.6 Å². The molecule has 126 valence electrons. The molecule has 0 saturated carbocycles. The average molecular weight is 332 g/mol. The van der Waals surface area contributed by atoms with E-state index in [-0.39, 0.29) is 36.0 Å². The molecule has 1 aromatic heterocycles. The molecule has 2 rings (SSSR count). The molecule has 0 radical (unpaired) electrons. The zero-order valence-corrected chi connectivity index (χ0v) is 13.1. The number of hydrogen-bond donors (Lipinski definition) is 2. The fourth-order valence-electron chi connectivity index (χ4n) is 1.94. The Kier molecular flexibility index (Phi) is 5.78. The zero-order valence-electron chi connectivity index (χ0n) is 13.1. The van der Waals surface area contributed by atoms with Crippen molar-refractivity contribution in [2.45, 2.75) is 20.0 Å². The van der Waals surface area contributed by atoms with Crippen molar-refractivity contribution in [2.24, 2.45) is 5.73 Å². The highest BCUT2D eigenvalue weighted by molar-refractivity contribution is 5.94. The molecule has 1 heterocycles. The van der Waals surface area contributed by atoms with Gasteiger partial charge in [-0.05, 0) is 6.92 Å². The molecule has 0 bridgehead atoms. The van der Waals surface area contributed by atoms with Crippen molar-refractivity contribution in [3.05, 3.63) is 42.0 Å². The third-order valence-electron chi connectivity index (χ3n) is 3.01. The Morgan fingerprint density at radius 3 is 2.67 bits per heavy atom. The van der Waals surface area contributed by atoms with Crippen LogP contribution in [0, 0.1) is 11.2 Å². The molecule has 0 unspecified atom stereocenters. The van der Waals surface area contributed by atoms with Crippen molar-refractivity contribution >= 4 is 11.8 Å². The number of esters is 1. The number of ether oxygens (including phenoxy) is 2. The summed E-state index contributed by atoms with van der Waals surface area (Å²) in [7, 11) is 0. The van der Waals surface area contributed by atoms with Gasteiger partial charge >= 0.3 is 12.0 Å². The quantitative estimate of drug-likeness (QED) is 0.456. The molecule has 0 saturated heterocycles. The maximum Gasteiger partial charge on any atom is 0.316 e. The number of carbonyl (C=O) groups excluding carboxylic acids is 1. The van der Waals surface area contributed by atoms with Crippen LogP contribution in [0.4, 0.5) is 4.39 Å². The second kappa shape index (κ2) is 8.00. The predicted molar refractivity (Wildman–Crippen MR) is 84.9 cm³/mol. The van der Waals surface area contributed by atoms with Crippen LogP contribution in [0.15, 0.2) is 30.6 Å². The molecule has 0 spiro atoms.